The molecule has 0 aromatic heterocycles. The first-order valence-electron chi connectivity index (χ1n) is 8.14. The van der Waals surface area contributed by atoms with Gasteiger partial charge in [-0.2, -0.15) is 0 Å². The molecule has 0 fully saturated rings. The predicted molar refractivity (Wildman–Crippen MR) is 87.8 cm³/mol. The van der Waals surface area contributed by atoms with E-state index in [2.05, 4.69) is 12.2 Å². The van der Waals surface area contributed by atoms with Crippen LogP contribution in [0.2, 0.25) is 0 Å². The second-order valence-corrected chi connectivity index (χ2v) is 5.51. The number of nitrogens with one attached hydrogen (secondary N) is 1. The van der Waals surface area contributed by atoms with Crippen LogP contribution in [0.3, 0.4) is 0 Å². The minimum absolute atomic E-state index is 0.160. The standard InChI is InChI=1S/C18H27NO3/c1-3-4-5-6-7-14-22-17(20)12-13-19-18(21)16-10-8-15(2)9-11-16/h8-11H,3-7,12-14H2,1-2H3,(H,19,21). The lowest BCUT2D eigenvalue weighted by atomic mass is 10.1. The lowest BCUT2D eigenvalue weighted by molar-refractivity contribution is -0.143. The molecule has 0 aliphatic heterocycles. The van der Waals surface area contributed by atoms with Crippen LogP contribution in [0.1, 0.15) is 61.4 Å². The Labute approximate surface area is 133 Å². The lowest BCUT2D eigenvalue weighted by Gasteiger charge is -2.06. The Bertz CT molecular complexity index is 454. The van der Waals surface area contributed by atoms with Crippen molar-refractivity contribution in [3.8, 4) is 0 Å². The Hall–Kier alpha value is -1.84. The summed E-state index contributed by atoms with van der Waals surface area (Å²) in [5.74, 6) is -0.410. The van der Waals surface area contributed by atoms with E-state index in [1.807, 2.05) is 19.1 Å². The third kappa shape index (κ3) is 7.81. The molecule has 22 heavy (non-hydrogen) atoms. The van der Waals surface area contributed by atoms with Gasteiger partial charge in [-0.3, -0.25) is 9.59 Å². The number of amides is 1. The molecule has 1 aromatic carbocycles. The summed E-state index contributed by atoms with van der Waals surface area (Å²) >= 11 is 0. The fraction of sp³-hybridized carbons (Fsp3) is 0.556. The number of unbranched alkanes of at least 4 members (excludes halogenated alkanes) is 4. The van der Waals surface area contributed by atoms with E-state index in [1.54, 1.807) is 12.1 Å². The Kier molecular flexibility index (Phi) is 8.96. The van der Waals surface area contributed by atoms with E-state index in [1.165, 1.54) is 19.3 Å². The van der Waals surface area contributed by atoms with Crippen LogP contribution in [0, 0.1) is 6.92 Å². The maximum absolute atomic E-state index is 11.8. The van der Waals surface area contributed by atoms with E-state index in [4.69, 9.17) is 4.74 Å². The van der Waals surface area contributed by atoms with Crippen LogP contribution in [0.5, 0.6) is 0 Å². The smallest absolute Gasteiger partial charge is 0.307 e. The summed E-state index contributed by atoms with van der Waals surface area (Å²) in [6.07, 6.45) is 5.87. The molecule has 4 nitrogen and oxygen atoms in total. The first kappa shape index (κ1) is 18.2. The van der Waals surface area contributed by atoms with Crippen LogP contribution < -0.4 is 5.32 Å². The quantitative estimate of drug-likeness (QED) is 0.530. The normalized spacial score (nSPS) is 10.3. The monoisotopic (exact) mass is 305 g/mol. The number of benzene rings is 1. The Morgan fingerprint density at radius 1 is 1.05 bits per heavy atom. The van der Waals surface area contributed by atoms with Crippen LogP contribution in [-0.2, 0) is 9.53 Å². The van der Waals surface area contributed by atoms with Gasteiger partial charge in [-0.15, -0.1) is 0 Å². The highest BCUT2D eigenvalue weighted by molar-refractivity contribution is 5.94. The first-order valence-corrected chi connectivity index (χ1v) is 8.14. The van der Waals surface area contributed by atoms with Crippen LogP contribution >= 0.6 is 0 Å². The molecule has 122 valence electrons. The van der Waals surface area contributed by atoms with Crippen LogP contribution in [0.4, 0.5) is 0 Å². The van der Waals surface area contributed by atoms with E-state index in [-0.39, 0.29) is 18.3 Å². The largest absolute Gasteiger partial charge is 0.466 e. The average Bonchev–Trinajstić information content (AvgIpc) is 2.51. The number of esters is 1. The molecule has 0 radical (unpaired) electrons. The number of carbonyl (C=O) groups excluding carboxylic acids is 2. The van der Waals surface area contributed by atoms with E-state index >= 15 is 0 Å². The molecule has 0 saturated heterocycles. The molecule has 1 rings (SSSR count). The molecule has 1 amide bonds. The highest BCUT2D eigenvalue weighted by Gasteiger charge is 2.07. The molecule has 0 atom stereocenters. The molecule has 0 aliphatic carbocycles. The van der Waals surface area contributed by atoms with Crippen molar-refractivity contribution in [2.24, 2.45) is 0 Å². The van der Waals surface area contributed by atoms with Crippen molar-refractivity contribution in [2.45, 2.75) is 52.4 Å². The van der Waals surface area contributed by atoms with Gasteiger partial charge in [-0.25, -0.2) is 0 Å². The summed E-state index contributed by atoms with van der Waals surface area (Å²) in [6.45, 7) is 4.93. The number of aryl methyl sites for hydroxylation is 1. The molecule has 0 spiro atoms. The highest BCUT2D eigenvalue weighted by Crippen LogP contribution is 2.04. The zero-order valence-corrected chi connectivity index (χ0v) is 13.7. The van der Waals surface area contributed by atoms with Gasteiger partial charge >= 0.3 is 5.97 Å². The van der Waals surface area contributed by atoms with E-state index < -0.39 is 0 Å². The van der Waals surface area contributed by atoms with Gasteiger partial charge < -0.3 is 10.1 Å². The van der Waals surface area contributed by atoms with Gasteiger partial charge in [0.25, 0.3) is 5.91 Å². The topological polar surface area (TPSA) is 55.4 Å². The summed E-state index contributed by atoms with van der Waals surface area (Å²) in [5.41, 5.74) is 1.72. The number of rotatable bonds is 10. The van der Waals surface area contributed by atoms with Crippen LogP contribution in [-0.4, -0.2) is 25.0 Å². The molecular formula is C18H27NO3. The van der Waals surface area contributed by atoms with Gasteiger partial charge in [0.1, 0.15) is 0 Å². The number of hydrogen-bond donors (Lipinski definition) is 1. The maximum Gasteiger partial charge on any atom is 0.307 e. The van der Waals surface area contributed by atoms with E-state index in [9.17, 15) is 9.59 Å². The second-order valence-electron chi connectivity index (χ2n) is 5.51. The van der Waals surface area contributed by atoms with Crippen LogP contribution in [0.15, 0.2) is 24.3 Å². The van der Waals surface area contributed by atoms with Crippen LogP contribution in [0.25, 0.3) is 0 Å². The fourth-order valence-corrected chi connectivity index (χ4v) is 2.05. The number of ether oxygens (including phenoxy) is 1. The molecule has 1 aromatic rings. The SMILES string of the molecule is CCCCCCCOC(=O)CCNC(=O)c1ccc(C)cc1. The molecule has 0 saturated carbocycles. The van der Waals surface area contributed by atoms with Gasteiger partial charge in [0.2, 0.25) is 0 Å². The summed E-state index contributed by atoms with van der Waals surface area (Å²) in [4.78, 5) is 23.4. The zero-order chi connectivity index (χ0) is 16.2. The van der Waals surface area contributed by atoms with Crippen molar-refractivity contribution >= 4 is 11.9 Å². The molecular weight excluding hydrogens is 278 g/mol. The Balaban J connectivity index is 2.09. The van der Waals surface area contributed by atoms with Gasteiger partial charge in [-0.05, 0) is 25.5 Å². The van der Waals surface area contributed by atoms with Crippen molar-refractivity contribution in [2.75, 3.05) is 13.2 Å². The fourth-order valence-electron chi connectivity index (χ4n) is 2.05. The maximum atomic E-state index is 11.8. The summed E-state index contributed by atoms with van der Waals surface area (Å²) in [7, 11) is 0. The third-order valence-corrected chi connectivity index (χ3v) is 3.44. The van der Waals surface area contributed by atoms with Gasteiger partial charge in [0.15, 0.2) is 0 Å². The van der Waals surface area contributed by atoms with Crippen molar-refractivity contribution in [1.29, 1.82) is 0 Å². The summed E-state index contributed by atoms with van der Waals surface area (Å²) in [6, 6.07) is 7.34. The lowest BCUT2D eigenvalue weighted by Crippen LogP contribution is -2.26. The average molecular weight is 305 g/mol. The minimum atomic E-state index is -0.250. The van der Waals surface area contributed by atoms with Gasteiger partial charge in [0, 0.05) is 12.1 Å². The van der Waals surface area contributed by atoms with E-state index in [0.717, 1.165) is 18.4 Å². The van der Waals surface area contributed by atoms with E-state index in [0.29, 0.717) is 18.7 Å². The third-order valence-electron chi connectivity index (χ3n) is 3.44. The molecule has 0 heterocycles. The zero-order valence-electron chi connectivity index (χ0n) is 13.7. The molecule has 1 N–H and O–H groups in total. The highest BCUT2D eigenvalue weighted by atomic mass is 16.5. The minimum Gasteiger partial charge on any atom is -0.466 e. The first-order chi connectivity index (χ1) is 10.6. The Morgan fingerprint density at radius 2 is 1.73 bits per heavy atom. The van der Waals surface area contributed by atoms with Crippen molar-refractivity contribution < 1.29 is 14.3 Å². The molecule has 0 unspecified atom stereocenters. The van der Waals surface area contributed by atoms with Gasteiger partial charge in [-0.1, -0.05) is 50.3 Å². The second kappa shape index (κ2) is 10.8. The molecule has 0 bridgehead atoms. The Morgan fingerprint density at radius 3 is 2.41 bits per heavy atom. The predicted octanol–water partition coefficient (Wildman–Crippen LogP) is 3.63. The van der Waals surface area contributed by atoms with Crippen molar-refractivity contribution in [3.05, 3.63) is 35.4 Å². The molecule has 4 heteroatoms. The van der Waals surface area contributed by atoms with Gasteiger partial charge in [0.05, 0.1) is 13.0 Å². The number of hydrogen-bond acceptors (Lipinski definition) is 3. The molecule has 0 aliphatic rings. The summed E-state index contributed by atoms with van der Waals surface area (Å²) < 4.78 is 5.14. The van der Waals surface area contributed by atoms with Crippen molar-refractivity contribution in [3.63, 3.8) is 0 Å². The summed E-state index contributed by atoms with van der Waals surface area (Å²) in [5, 5.41) is 2.73. The number of carbonyl (C=O) groups is 2. The van der Waals surface area contributed by atoms with Crippen molar-refractivity contribution in [1.82, 2.24) is 5.32 Å².